The minimum Gasteiger partial charge on any atom is -0.270 e. The van der Waals surface area contributed by atoms with Gasteiger partial charge in [0.15, 0.2) is 11.0 Å². The van der Waals surface area contributed by atoms with E-state index in [4.69, 9.17) is 6.42 Å². The topological polar surface area (TPSA) is 30.7 Å². The van der Waals surface area contributed by atoms with Crippen LogP contribution in [0.2, 0.25) is 0 Å². The molecule has 1 aromatic heterocycles. The van der Waals surface area contributed by atoms with Crippen LogP contribution in [0, 0.1) is 12.3 Å². The lowest BCUT2D eigenvalue weighted by atomic mass is 9.87. The van der Waals surface area contributed by atoms with E-state index in [1.54, 1.807) is 0 Å². The molecule has 0 radical (unpaired) electrons. The Bertz CT molecular complexity index is 969. The third kappa shape index (κ3) is 4.31. The van der Waals surface area contributed by atoms with E-state index in [-0.39, 0.29) is 5.41 Å². The largest absolute Gasteiger partial charge is 0.270 e. The minimum atomic E-state index is 0.118. The van der Waals surface area contributed by atoms with Crippen LogP contribution in [-0.2, 0) is 5.41 Å². The van der Waals surface area contributed by atoms with Crippen LogP contribution < -0.4 is 0 Å². The zero-order chi connectivity index (χ0) is 20.3. The zero-order valence-electron chi connectivity index (χ0n) is 17.2. The molecule has 4 heteroatoms. The van der Waals surface area contributed by atoms with E-state index in [9.17, 15) is 0 Å². The third-order valence-electron chi connectivity index (χ3n) is 4.75. The molecule has 144 valence electrons. The molecule has 1 heterocycles. The Balaban J connectivity index is 2.07. The molecule has 0 aliphatic rings. The Kier molecular flexibility index (Phi) is 5.96. The molecule has 0 aliphatic heterocycles. The van der Waals surface area contributed by atoms with E-state index in [1.807, 2.05) is 0 Å². The molecule has 0 saturated heterocycles. The van der Waals surface area contributed by atoms with Crippen LogP contribution >= 0.6 is 11.8 Å². The first-order valence-electron chi connectivity index (χ1n) is 9.54. The van der Waals surface area contributed by atoms with Gasteiger partial charge in [-0.15, -0.1) is 16.6 Å². The van der Waals surface area contributed by atoms with Crippen molar-refractivity contribution in [1.82, 2.24) is 14.8 Å². The number of hydrogen-bond acceptors (Lipinski definition) is 3. The quantitative estimate of drug-likeness (QED) is 0.391. The Morgan fingerprint density at radius 2 is 1.64 bits per heavy atom. The molecular weight excluding hydrogens is 362 g/mol. The predicted molar refractivity (Wildman–Crippen MR) is 119 cm³/mol. The lowest BCUT2D eigenvalue weighted by molar-refractivity contribution is 0.590. The van der Waals surface area contributed by atoms with Crippen LogP contribution in [-0.4, -0.2) is 20.5 Å². The summed E-state index contributed by atoms with van der Waals surface area (Å²) in [5.41, 5.74) is 4.81. The van der Waals surface area contributed by atoms with Crippen molar-refractivity contribution < 1.29 is 0 Å². The second kappa shape index (κ2) is 8.24. The molecule has 0 spiro atoms. The van der Waals surface area contributed by atoms with Gasteiger partial charge in [0.2, 0.25) is 0 Å². The molecule has 28 heavy (non-hydrogen) atoms. The fraction of sp³-hybridized carbons (Fsp3) is 0.333. The van der Waals surface area contributed by atoms with Crippen LogP contribution in [0.3, 0.4) is 0 Å². The highest BCUT2D eigenvalue weighted by atomic mass is 32.2. The van der Waals surface area contributed by atoms with Gasteiger partial charge in [-0.1, -0.05) is 88.7 Å². The van der Waals surface area contributed by atoms with E-state index < -0.39 is 0 Å². The predicted octanol–water partition coefficient (Wildman–Crippen LogP) is 6.08. The van der Waals surface area contributed by atoms with Gasteiger partial charge in [-0.2, -0.15) is 0 Å². The van der Waals surface area contributed by atoms with E-state index in [0.717, 1.165) is 22.2 Å². The fourth-order valence-electron chi connectivity index (χ4n) is 3.02. The highest BCUT2D eigenvalue weighted by Gasteiger charge is 2.18. The molecule has 0 N–H and O–H groups in total. The monoisotopic (exact) mass is 389 g/mol. The normalized spacial score (nSPS) is 11.6. The van der Waals surface area contributed by atoms with Crippen molar-refractivity contribution in [1.29, 1.82) is 0 Å². The summed E-state index contributed by atoms with van der Waals surface area (Å²) in [5, 5.41) is 9.71. The lowest BCUT2D eigenvalue weighted by Crippen LogP contribution is -2.10. The zero-order valence-corrected chi connectivity index (χ0v) is 18.0. The van der Waals surface area contributed by atoms with Gasteiger partial charge < -0.3 is 0 Å². The van der Waals surface area contributed by atoms with E-state index in [2.05, 4.69) is 104 Å². The Hall–Kier alpha value is -2.51. The molecule has 0 saturated carbocycles. The molecule has 3 nitrogen and oxygen atoms in total. The number of aromatic nitrogens is 3. The van der Waals surface area contributed by atoms with Crippen molar-refractivity contribution in [2.24, 2.45) is 0 Å². The summed E-state index contributed by atoms with van der Waals surface area (Å²) >= 11 is 1.53. The molecule has 0 bridgehead atoms. The summed E-state index contributed by atoms with van der Waals surface area (Å²) in [7, 11) is 0. The lowest BCUT2D eigenvalue weighted by Gasteiger charge is -2.19. The van der Waals surface area contributed by atoms with Crippen molar-refractivity contribution in [2.75, 3.05) is 5.75 Å². The second-order valence-corrected chi connectivity index (χ2v) is 9.15. The van der Waals surface area contributed by atoms with Crippen LogP contribution in [0.5, 0.6) is 0 Å². The Morgan fingerprint density at radius 3 is 2.18 bits per heavy atom. The number of hydrogen-bond donors (Lipinski definition) is 0. The van der Waals surface area contributed by atoms with E-state index in [0.29, 0.717) is 11.7 Å². The summed E-state index contributed by atoms with van der Waals surface area (Å²) in [6.45, 7) is 11.1. The first kappa shape index (κ1) is 20.2. The SMILES string of the molecule is C#CCSc1nnc(-c2ccc(C(C)(C)C)cc2)n1-c1ccc(C(C)C)cc1. The van der Waals surface area contributed by atoms with Crippen LogP contribution in [0.15, 0.2) is 53.7 Å². The standard InChI is InChI=1S/C24H27N3S/c1-7-16-28-23-26-25-22(19-8-12-20(13-9-19)24(4,5)6)27(23)21-14-10-18(11-15-21)17(2)3/h1,8-15,17H,16H2,2-6H3. The smallest absolute Gasteiger partial charge is 0.197 e. The van der Waals surface area contributed by atoms with Crippen molar-refractivity contribution in [3.05, 3.63) is 59.7 Å². The summed E-state index contributed by atoms with van der Waals surface area (Å²) in [6, 6.07) is 17.2. The highest BCUT2D eigenvalue weighted by Crippen LogP contribution is 2.30. The summed E-state index contributed by atoms with van der Waals surface area (Å²) in [5.74, 6) is 4.56. The van der Waals surface area contributed by atoms with Gasteiger partial charge in [0.05, 0.1) is 5.75 Å². The molecule has 0 atom stereocenters. The summed E-state index contributed by atoms with van der Waals surface area (Å²) in [6.07, 6.45) is 5.47. The summed E-state index contributed by atoms with van der Waals surface area (Å²) in [4.78, 5) is 0. The Morgan fingerprint density at radius 1 is 1.00 bits per heavy atom. The molecule has 0 amide bonds. The van der Waals surface area contributed by atoms with Crippen LogP contribution in [0.25, 0.3) is 17.1 Å². The number of rotatable bonds is 5. The van der Waals surface area contributed by atoms with Crippen molar-refractivity contribution in [2.45, 2.75) is 51.1 Å². The van der Waals surface area contributed by atoms with Crippen molar-refractivity contribution in [3.8, 4) is 29.4 Å². The maximum Gasteiger partial charge on any atom is 0.197 e. The molecule has 0 aliphatic carbocycles. The number of nitrogens with zero attached hydrogens (tertiary/aromatic N) is 3. The first-order chi connectivity index (χ1) is 13.3. The average Bonchev–Trinajstić information content (AvgIpc) is 3.09. The minimum absolute atomic E-state index is 0.118. The molecule has 2 aromatic carbocycles. The highest BCUT2D eigenvalue weighted by molar-refractivity contribution is 7.99. The third-order valence-corrected chi connectivity index (χ3v) is 5.58. The molecule has 3 rings (SSSR count). The van der Waals surface area contributed by atoms with Gasteiger partial charge >= 0.3 is 0 Å². The molecular formula is C24H27N3S. The molecule has 3 aromatic rings. The Labute approximate surface area is 172 Å². The number of thioether (sulfide) groups is 1. The van der Waals surface area contributed by atoms with Gasteiger partial charge in [-0.3, -0.25) is 4.57 Å². The average molecular weight is 390 g/mol. The number of terminal acetylenes is 1. The van der Waals surface area contributed by atoms with Crippen LogP contribution in [0.4, 0.5) is 0 Å². The van der Waals surface area contributed by atoms with Crippen LogP contribution in [0.1, 0.15) is 51.7 Å². The van der Waals surface area contributed by atoms with Crippen molar-refractivity contribution in [3.63, 3.8) is 0 Å². The van der Waals surface area contributed by atoms with Gasteiger partial charge in [0.25, 0.3) is 0 Å². The van der Waals surface area contributed by atoms with E-state index >= 15 is 0 Å². The maximum absolute atomic E-state index is 5.47. The fourth-order valence-corrected chi connectivity index (χ4v) is 3.65. The van der Waals surface area contributed by atoms with Gasteiger partial charge in [0.1, 0.15) is 0 Å². The van der Waals surface area contributed by atoms with Crippen molar-refractivity contribution >= 4 is 11.8 Å². The maximum atomic E-state index is 5.47. The molecule has 0 fully saturated rings. The van der Waals surface area contributed by atoms with E-state index in [1.165, 1.54) is 22.9 Å². The summed E-state index contributed by atoms with van der Waals surface area (Å²) < 4.78 is 2.10. The van der Waals surface area contributed by atoms with Gasteiger partial charge in [-0.05, 0) is 34.6 Å². The molecule has 0 unspecified atom stereocenters. The number of benzene rings is 2. The van der Waals surface area contributed by atoms with Gasteiger partial charge in [-0.25, -0.2) is 0 Å². The van der Waals surface area contributed by atoms with Gasteiger partial charge in [0, 0.05) is 11.3 Å². The first-order valence-corrected chi connectivity index (χ1v) is 10.5. The second-order valence-electron chi connectivity index (χ2n) is 8.21.